The van der Waals surface area contributed by atoms with Gasteiger partial charge < -0.3 is 9.30 Å². The molecule has 3 rings (SSSR count). The van der Waals surface area contributed by atoms with Gasteiger partial charge in [0, 0.05) is 23.3 Å². The second kappa shape index (κ2) is 8.13. The van der Waals surface area contributed by atoms with E-state index in [1.807, 2.05) is 23.6 Å². The highest BCUT2D eigenvalue weighted by Crippen LogP contribution is 2.25. The van der Waals surface area contributed by atoms with Crippen molar-refractivity contribution in [3.8, 4) is 17.1 Å². The molecular weight excluding hydrogens is 362 g/mol. The summed E-state index contributed by atoms with van der Waals surface area (Å²) in [5.41, 5.74) is 4.50. The van der Waals surface area contributed by atoms with E-state index in [-0.39, 0.29) is 18.1 Å². The molecule has 3 aromatic rings. The van der Waals surface area contributed by atoms with Gasteiger partial charge in [0.2, 0.25) is 10.7 Å². The maximum Gasteiger partial charge on any atom is 0.278 e. The Hall–Kier alpha value is -3.00. The van der Waals surface area contributed by atoms with E-state index in [0.29, 0.717) is 10.7 Å². The minimum atomic E-state index is -0.365. The Kier molecular flexibility index (Phi) is 5.66. The highest BCUT2D eigenvalue weighted by Gasteiger charge is 2.20. The van der Waals surface area contributed by atoms with Crippen LogP contribution in [0.4, 0.5) is 0 Å². The zero-order valence-electron chi connectivity index (χ0n) is 15.4. The standard InChI is InChI=1S/C19H21N5O2S/c1-19(2,3)24-15(14-7-5-4-6-8-14)13-27-18(24)23-22-16(25)12-26-17-11-20-9-10-21-17/h4-11,13H,12H2,1-3H3,(H,22,25)/b23-18-. The van der Waals surface area contributed by atoms with E-state index in [4.69, 9.17) is 4.74 Å². The molecule has 0 aliphatic rings. The van der Waals surface area contributed by atoms with Crippen molar-refractivity contribution in [3.63, 3.8) is 0 Å². The lowest BCUT2D eigenvalue weighted by molar-refractivity contribution is -0.123. The van der Waals surface area contributed by atoms with Gasteiger partial charge in [-0.25, -0.2) is 10.4 Å². The van der Waals surface area contributed by atoms with Gasteiger partial charge in [0.25, 0.3) is 5.91 Å². The molecule has 1 N–H and O–H groups in total. The van der Waals surface area contributed by atoms with Crippen molar-refractivity contribution < 1.29 is 9.53 Å². The van der Waals surface area contributed by atoms with Crippen LogP contribution in [0.25, 0.3) is 11.3 Å². The second-order valence-corrected chi connectivity index (χ2v) is 7.59. The largest absolute Gasteiger partial charge is 0.466 e. The maximum atomic E-state index is 12.0. The fourth-order valence-electron chi connectivity index (χ4n) is 2.49. The van der Waals surface area contributed by atoms with Crippen LogP contribution in [-0.2, 0) is 10.3 Å². The third kappa shape index (κ3) is 4.79. The molecule has 27 heavy (non-hydrogen) atoms. The van der Waals surface area contributed by atoms with Gasteiger partial charge in [-0.1, -0.05) is 30.3 Å². The molecule has 1 aromatic carbocycles. The SMILES string of the molecule is CC(C)(C)n1c(-c2ccccc2)cs/c1=N\NC(=O)COc1cnccn1. The molecule has 0 radical (unpaired) electrons. The number of thiazole rings is 1. The smallest absolute Gasteiger partial charge is 0.278 e. The van der Waals surface area contributed by atoms with Crippen molar-refractivity contribution in [2.24, 2.45) is 5.10 Å². The van der Waals surface area contributed by atoms with Crippen molar-refractivity contribution in [2.45, 2.75) is 26.3 Å². The highest BCUT2D eigenvalue weighted by atomic mass is 32.1. The lowest BCUT2D eigenvalue weighted by Gasteiger charge is -2.24. The molecule has 0 spiro atoms. The normalized spacial score (nSPS) is 12.0. The molecule has 2 heterocycles. The number of nitrogens with zero attached hydrogens (tertiary/aromatic N) is 4. The molecule has 0 bridgehead atoms. The summed E-state index contributed by atoms with van der Waals surface area (Å²) in [5.74, 6) is -0.0735. The summed E-state index contributed by atoms with van der Waals surface area (Å²) in [4.78, 5) is 20.6. The summed E-state index contributed by atoms with van der Waals surface area (Å²) in [7, 11) is 0. The van der Waals surface area contributed by atoms with E-state index in [0.717, 1.165) is 11.3 Å². The van der Waals surface area contributed by atoms with Crippen LogP contribution in [0.5, 0.6) is 5.88 Å². The summed E-state index contributed by atoms with van der Waals surface area (Å²) in [5, 5.41) is 6.34. The number of ether oxygens (including phenoxy) is 1. The first-order valence-electron chi connectivity index (χ1n) is 8.43. The monoisotopic (exact) mass is 383 g/mol. The van der Waals surface area contributed by atoms with E-state index < -0.39 is 0 Å². The van der Waals surface area contributed by atoms with Crippen LogP contribution in [0.2, 0.25) is 0 Å². The fourth-order valence-corrected chi connectivity index (χ4v) is 3.52. The Morgan fingerprint density at radius 3 is 2.70 bits per heavy atom. The number of hydrogen-bond acceptors (Lipinski definition) is 6. The topological polar surface area (TPSA) is 81.4 Å². The van der Waals surface area contributed by atoms with E-state index in [1.54, 1.807) is 0 Å². The molecule has 0 saturated carbocycles. The van der Waals surface area contributed by atoms with Crippen LogP contribution in [0.1, 0.15) is 20.8 Å². The van der Waals surface area contributed by atoms with Crippen LogP contribution >= 0.6 is 11.3 Å². The lowest BCUT2D eigenvalue weighted by Crippen LogP contribution is -2.34. The maximum absolute atomic E-state index is 12.0. The Balaban J connectivity index is 1.79. The molecule has 0 fully saturated rings. The molecule has 0 unspecified atom stereocenters. The van der Waals surface area contributed by atoms with Gasteiger partial charge in [-0.2, -0.15) is 0 Å². The number of benzene rings is 1. The third-order valence-electron chi connectivity index (χ3n) is 3.62. The van der Waals surface area contributed by atoms with Crippen LogP contribution < -0.4 is 15.0 Å². The molecule has 7 nitrogen and oxygen atoms in total. The van der Waals surface area contributed by atoms with Crippen LogP contribution in [0.3, 0.4) is 0 Å². The van der Waals surface area contributed by atoms with E-state index in [1.165, 1.54) is 29.9 Å². The van der Waals surface area contributed by atoms with Crippen molar-refractivity contribution in [3.05, 3.63) is 59.1 Å². The minimum Gasteiger partial charge on any atom is -0.466 e. The molecular formula is C19H21N5O2S. The molecule has 0 atom stereocenters. The van der Waals surface area contributed by atoms with Gasteiger partial charge in [-0.15, -0.1) is 16.4 Å². The summed E-state index contributed by atoms with van der Waals surface area (Å²) in [6, 6.07) is 10.1. The number of amides is 1. The quantitative estimate of drug-likeness (QED) is 0.687. The van der Waals surface area contributed by atoms with Crippen molar-refractivity contribution in [1.29, 1.82) is 0 Å². The van der Waals surface area contributed by atoms with Gasteiger partial charge in [0.15, 0.2) is 6.61 Å². The molecule has 1 amide bonds. The summed E-state index contributed by atoms with van der Waals surface area (Å²) < 4.78 is 7.39. The second-order valence-electron chi connectivity index (χ2n) is 6.75. The van der Waals surface area contributed by atoms with Crippen LogP contribution in [0.15, 0.2) is 59.4 Å². The first-order chi connectivity index (χ1) is 12.9. The van der Waals surface area contributed by atoms with E-state index >= 15 is 0 Å². The average molecular weight is 383 g/mol. The summed E-state index contributed by atoms with van der Waals surface area (Å²) in [6.45, 7) is 6.12. The van der Waals surface area contributed by atoms with Crippen LogP contribution in [-0.4, -0.2) is 27.0 Å². The number of carbonyl (C=O) groups is 1. The Morgan fingerprint density at radius 1 is 1.26 bits per heavy atom. The Bertz CT molecular complexity index is 959. The molecule has 2 aromatic heterocycles. The third-order valence-corrected chi connectivity index (χ3v) is 4.44. The number of rotatable bonds is 5. The molecule has 140 valence electrons. The van der Waals surface area contributed by atoms with Crippen molar-refractivity contribution in [2.75, 3.05) is 6.61 Å². The minimum absolute atomic E-state index is 0.186. The predicted octanol–water partition coefficient (Wildman–Crippen LogP) is 2.77. The average Bonchev–Trinajstić information content (AvgIpc) is 3.11. The number of hydrogen-bond donors (Lipinski definition) is 1. The summed E-state index contributed by atoms with van der Waals surface area (Å²) >= 11 is 1.47. The van der Waals surface area contributed by atoms with Gasteiger partial charge in [0.1, 0.15) is 0 Å². The predicted molar refractivity (Wildman–Crippen MR) is 104 cm³/mol. The highest BCUT2D eigenvalue weighted by molar-refractivity contribution is 7.07. The molecule has 8 heteroatoms. The fraction of sp³-hybridized carbons (Fsp3) is 0.263. The number of aromatic nitrogens is 3. The van der Waals surface area contributed by atoms with E-state index in [2.05, 4.69) is 58.0 Å². The molecule has 0 saturated heterocycles. The summed E-state index contributed by atoms with van der Waals surface area (Å²) in [6.07, 6.45) is 4.48. The Morgan fingerprint density at radius 2 is 2.04 bits per heavy atom. The van der Waals surface area contributed by atoms with Gasteiger partial charge in [-0.05, 0) is 26.3 Å². The molecule has 0 aliphatic heterocycles. The zero-order chi connectivity index (χ0) is 19.3. The number of carbonyl (C=O) groups excluding carboxylic acids is 1. The van der Waals surface area contributed by atoms with Gasteiger partial charge in [0.05, 0.1) is 11.9 Å². The Labute approximate surface area is 161 Å². The first kappa shape index (κ1) is 18.8. The molecule has 0 aliphatic carbocycles. The van der Waals surface area contributed by atoms with Crippen LogP contribution in [0, 0.1) is 0 Å². The van der Waals surface area contributed by atoms with Gasteiger partial charge in [-0.3, -0.25) is 9.78 Å². The number of nitrogens with one attached hydrogen (secondary N) is 1. The first-order valence-corrected chi connectivity index (χ1v) is 9.31. The zero-order valence-corrected chi connectivity index (χ0v) is 16.2. The van der Waals surface area contributed by atoms with Crippen molar-refractivity contribution >= 4 is 17.2 Å². The van der Waals surface area contributed by atoms with E-state index in [9.17, 15) is 4.79 Å². The van der Waals surface area contributed by atoms with Crippen molar-refractivity contribution in [1.82, 2.24) is 20.0 Å². The lowest BCUT2D eigenvalue weighted by atomic mass is 10.1. The van der Waals surface area contributed by atoms with Gasteiger partial charge >= 0.3 is 0 Å².